The van der Waals surface area contributed by atoms with E-state index in [2.05, 4.69) is 121 Å². The first-order chi connectivity index (χ1) is 20.8. The number of fused-ring (bicyclic) bond motifs is 7. The van der Waals surface area contributed by atoms with E-state index in [1.165, 1.54) is 49.4 Å². The van der Waals surface area contributed by atoms with Gasteiger partial charge in [0.2, 0.25) is 0 Å². The zero-order valence-electron chi connectivity index (χ0n) is 22.7. The molecule has 0 N–H and O–H groups in total. The van der Waals surface area contributed by atoms with Crippen LogP contribution in [-0.4, -0.2) is 0 Å². The van der Waals surface area contributed by atoms with Gasteiger partial charge in [0.1, 0.15) is 16.7 Å². The van der Waals surface area contributed by atoms with Crippen LogP contribution in [0.25, 0.3) is 87.8 Å². The highest BCUT2D eigenvalue weighted by atomic mass is 16.3. The standard InChI is InChI=1S/C40H24O2/c1-2-10-25(11-3-1)26-12-8-13-27(24-26)37-28-14-4-6-16-30(28)38(31-17-7-5-15-29(31)37)33-18-9-19-34-39-32-22-23-41-35(32)20-21-36(39)42-40(33)34/h1-24H. The zero-order chi connectivity index (χ0) is 27.6. The Morgan fingerprint density at radius 2 is 0.976 bits per heavy atom. The van der Waals surface area contributed by atoms with Gasteiger partial charge >= 0.3 is 0 Å². The van der Waals surface area contributed by atoms with Crippen LogP contribution in [0, 0.1) is 0 Å². The number of hydrogen-bond donors (Lipinski definition) is 0. The number of benzene rings is 7. The highest BCUT2D eigenvalue weighted by Gasteiger charge is 2.21. The Balaban J connectivity index is 1.38. The van der Waals surface area contributed by atoms with Gasteiger partial charge in [0.25, 0.3) is 0 Å². The molecule has 0 aliphatic heterocycles. The molecule has 0 bridgehead atoms. The van der Waals surface area contributed by atoms with Crippen molar-refractivity contribution in [1.29, 1.82) is 0 Å². The summed E-state index contributed by atoms with van der Waals surface area (Å²) in [5.41, 5.74) is 9.81. The van der Waals surface area contributed by atoms with Gasteiger partial charge in [-0.3, -0.25) is 0 Å². The molecule has 2 heteroatoms. The molecule has 0 saturated carbocycles. The first-order valence-corrected chi connectivity index (χ1v) is 14.3. The minimum Gasteiger partial charge on any atom is -0.464 e. The van der Waals surface area contributed by atoms with Crippen molar-refractivity contribution in [3.05, 3.63) is 146 Å². The average Bonchev–Trinajstić information content (AvgIpc) is 3.69. The number of rotatable bonds is 3. The lowest BCUT2D eigenvalue weighted by Gasteiger charge is -2.18. The van der Waals surface area contributed by atoms with Gasteiger partial charge in [0.15, 0.2) is 0 Å². The zero-order valence-corrected chi connectivity index (χ0v) is 22.7. The molecular weight excluding hydrogens is 512 g/mol. The molecule has 0 aliphatic rings. The molecule has 9 aromatic rings. The highest BCUT2D eigenvalue weighted by molar-refractivity contribution is 6.26. The maximum Gasteiger partial charge on any atom is 0.143 e. The van der Waals surface area contributed by atoms with Crippen LogP contribution in [0.15, 0.2) is 155 Å². The van der Waals surface area contributed by atoms with Gasteiger partial charge in [-0.25, -0.2) is 0 Å². The fourth-order valence-corrected chi connectivity index (χ4v) is 6.75. The van der Waals surface area contributed by atoms with Crippen molar-refractivity contribution in [3.8, 4) is 33.4 Å². The van der Waals surface area contributed by atoms with Crippen LogP contribution in [0.1, 0.15) is 0 Å². The van der Waals surface area contributed by atoms with Crippen LogP contribution in [0.5, 0.6) is 0 Å². The summed E-state index contributed by atoms with van der Waals surface area (Å²) in [6.07, 6.45) is 1.75. The van der Waals surface area contributed by atoms with Crippen molar-refractivity contribution in [1.82, 2.24) is 0 Å². The predicted octanol–water partition coefficient (Wildman–Crippen LogP) is 11.6. The van der Waals surface area contributed by atoms with E-state index in [-0.39, 0.29) is 0 Å². The topological polar surface area (TPSA) is 26.3 Å². The number of hydrogen-bond acceptors (Lipinski definition) is 2. The molecule has 2 heterocycles. The maximum absolute atomic E-state index is 6.65. The Morgan fingerprint density at radius 1 is 0.381 bits per heavy atom. The second kappa shape index (κ2) is 8.95. The summed E-state index contributed by atoms with van der Waals surface area (Å²) in [5.74, 6) is 0. The molecule has 0 amide bonds. The van der Waals surface area contributed by atoms with Gasteiger partial charge in [-0.2, -0.15) is 0 Å². The van der Waals surface area contributed by atoms with Crippen LogP contribution < -0.4 is 0 Å². The maximum atomic E-state index is 6.65. The molecule has 0 radical (unpaired) electrons. The number of furan rings is 2. The van der Waals surface area contributed by atoms with Crippen molar-refractivity contribution < 1.29 is 8.83 Å². The van der Waals surface area contributed by atoms with E-state index in [0.717, 1.165) is 38.5 Å². The Morgan fingerprint density at radius 3 is 1.74 bits per heavy atom. The summed E-state index contributed by atoms with van der Waals surface area (Å²) in [7, 11) is 0. The molecule has 0 atom stereocenters. The van der Waals surface area contributed by atoms with Crippen molar-refractivity contribution in [3.63, 3.8) is 0 Å². The molecule has 2 nitrogen and oxygen atoms in total. The lowest BCUT2D eigenvalue weighted by atomic mass is 9.85. The summed E-state index contributed by atoms with van der Waals surface area (Å²) < 4.78 is 12.4. The van der Waals surface area contributed by atoms with Crippen LogP contribution in [0.4, 0.5) is 0 Å². The Labute approximate surface area is 242 Å². The third-order valence-corrected chi connectivity index (χ3v) is 8.55. The first kappa shape index (κ1) is 23.1. The first-order valence-electron chi connectivity index (χ1n) is 14.3. The molecule has 196 valence electrons. The smallest absolute Gasteiger partial charge is 0.143 e. The molecule has 0 aliphatic carbocycles. The summed E-state index contributed by atoms with van der Waals surface area (Å²) in [5, 5.41) is 8.13. The van der Waals surface area contributed by atoms with Gasteiger partial charge < -0.3 is 8.83 Å². The fourth-order valence-electron chi connectivity index (χ4n) is 6.75. The average molecular weight is 537 g/mol. The monoisotopic (exact) mass is 536 g/mol. The van der Waals surface area contributed by atoms with E-state index >= 15 is 0 Å². The summed E-state index contributed by atoms with van der Waals surface area (Å²) in [6.45, 7) is 0. The Hall–Kier alpha value is -5.60. The largest absolute Gasteiger partial charge is 0.464 e. The third kappa shape index (κ3) is 3.33. The van der Waals surface area contributed by atoms with Gasteiger partial charge in [-0.1, -0.05) is 115 Å². The molecule has 42 heavy (non-hydrogen) atoms. The molecular formula is C40H24O2. The van der Waals surface area contributed by atoms with Crippen LogP contribution >= 0.6 is 0 Å². The van der Waals surface area contributed by atoms with Gasteiger partial charge in [-0.05, 0) is 68.1 Å². The van der Waals surface area contributed by atoms with E-state index in [9.17, 15) is 0 Å². The van der Waals surface area contributed by atoms with Crippen molar-refractivity contribution in [2.24, 2.45) is 0 Å². The summed E-state index contributed by atoms with van der Waals surface area (Å²) >= 11 is 0. The Bertz CT molecular complexity index is 2400. The van der Waals surface area contributed by atoms with Gasteiger partial charge in [0, 0.05) is 27.3 Å². The van der Waals surface area contributed by atoms with E-state index in [1.807, 2.05) is 18.2 Å². The van der Waals surface area contributed by atoms with Gasteiger partial charge in [0.05, 0.1) is 6.26 Å². The molecule has 7 aromatic carbocycles. The van der Waals surface area contributed by atoms with E-state index < -0.39 is 0 Å². The summed E-state index contributed by atoms with van der Waals surface area (Å²) in [4.78, 5) is 0. The quantitative estimate of drug-likeness (QED) is 0.210. The van der Waals surface area contributed by atoms with Crippen LogP contribution in [0.3, 0.4) is 0 Å². The second-order valence-corrected chi connectivity index (χ2v) is 10.8. The van der Waals surface area contributed by atoms with Crippen molar-refractivity contribution in [2.75, 3.05) is 0 Å². The highest BCUT2D eigenvalue weighted by Crippen LogP contribution is 2.47. The molecule has 0 saturated heterocycles. The van der Waals surface area contributed by atoms with Crippen molar-refractivity contribution in [2.45, 2.75) is 0 Å². The molecule has 0 spiro atoms. The van der Waals surface area contributed by atoms with Gasteiger partial charge in [-0.15, -0.1) is 0 Å². The third-order valence-electron chi connectivity index (χ3n) is 8.55. The van der Waals surface area contributed by atoms with E-state index in [0.29, 0.717) is 0 Å². The van der Waals surface area contributed by atoms with Crippen molar-refractivity contribution >= 4 is 54.5 Å². The minimum absolute atomic E-state index is 0.869. The lowest BCUT2D eigenvalue weighted by molar-refractivity contribution is 0.615. The molecule has 0 unspecified atom stereocenters. The minimum atomic E-state index is 0.869. The second-order valence-electron chi connectivity index (χ2n) is 10.8. The lowest BCUT2D eigenvalue weighted by Crippen LogP contribution is -1.91. The van der Waals surface area contributed by atoms with Crippen LogP contribution in [0.2, 0.25) is 0 Å². The normalized spacial score (nSPS) is 11.8. The summed E-state index contributed by atoms with van der Waals surface area (Å²) in [6, 6.07) is 49.6. The van der Waals surface area contributed by atoms with E-state index in [4.69, 9.17) is 8.83 Å². The Kier molecular flexibility index (Phi) is 4.93. The SMILES string of the molecule is c1ccc(-c2cccc(-c3c4ccccc4c(-c4cccc5c4oc4ccc6occc6c45)c4ccccc34)c2)cc1. The van der Waals surface area contributed by atoms with E-state index in [1.54, 1.807) is 6.26 Å². The fraction of sp³-hybridized carbons (Fsp3) is 0. The molecule has 2 aromatic heterocycles. The van der Waals surface area contributed by atoms with Crippen LogP contribution in [-0.2, 0) is 0 Å². The predicted molar refractivity (Wildman–Crippen MR) is 175 cm³/mol. The molecule has 0 fully saturated rings. The number of para-hydroxylation sites is 1. The molecule has 9 rings (SSSR count).